The molecule has 1 rings (SSSR count). The van der Waals surface area contributed by atoms with E-state index in [2.05, 4.69) is 26.1 Å². The number of sulfonamides is 1. The molecule has 1 aromatic carbocycles. The largest absolute Gasteiger partial charge is 0.351 e. The lowest BCUT2D eigenvalue weighted by Gasteiger charge is -2.18. The van der Waals surface area contributed by atoms with Gasteiger partial charge in [-0.2, -0.15) is 11.8 Å². The zero-order chi connectivity index (χ0) is 17.8. The van der Waals surface area contributed by atoms with Crippen molar-refractivity contribution < 1.29 is 13.2 Å². The Balaban J connectivity index is 2.73. The zero-order valence-corrected chi connectivity index (χ0v) is 16.4. The van der Waals surface area contributed by atoms with E-state index in [1.165, 1.54) is 19.2 Å². The van der Waals surface area contributed by atoms with E-state index in [1.807, 2.05) is 0 Å². The van der Waals surface area contributed by atoms with Gasteiger partial charge in [0.05, 0.1) is 22.5 Å². The lowest BCUT2D eigenvalue weighted by Crippen LogP contribution is -2.28. The molecule has 0 spiro atoms. The molecule has 130 valence electrons. The Kier molecular flexibility index (Phi) is 6.80. The fourth-order valence-electron chi connectivity index (χ4n) is 1.69. The smallest absolute Gasteiger partial charge is 0.252 e. The zero-order valence-electron chi connectivity index (χ0n) is 14.0. The van der Waals surface area contributed by atoms with Gasteiger partial charge in [-0.1, -0.05) is 32.4 Å². The normalized spacial score (nSPS) is 12.1. The minimum absolute atomic E-state index is 0.153. The number of halogens is 1. The van der Waals surface area contributed by atoms with Crippen molar-refractivity contribution in [1.29, 1.82) is 0 Å². The van der Waals surface area contributed by atoms with Crippen molar-refractivity contribution in [1.82, 2.24) is 5.32 Å². The number of anilines is 1. The molecule has 1 aromatic rings. The third-order valence-electron chi connectivity index (χ3n) is 2.98. The Hall–Kier alpha value is -0.920. The summed E-state index contributed by atoms with van der Waals surface area (Å²) >= 11 is 7.88. The van der Waals surface area contributed by atoms with E-state index in [0.29, 0.717) is 17.8 Å². The number of amides is 1. The first-order valence-corrected chi connectivity index (χ1v) is 10.3. The van der Waals surface area contributed by atoms with E-state index in [-0.39, 0.29) is 15.7 Å². The number of thioether (sulfide) groups is 1. The summed E-state index contributed by atoms with van der Waals surface area (Å²) in [5.41, 5.74) is 0.746. The van der Waals surface area contributed by atoms with E-state index >= 15 is 0 Å². The van der Waals surface area contributed by atoms with Crippen molar-refractivity contribution >= 4 is 45.0 Å². The molecule has 0 atom stereocenters. The van der Waals surface area contributed by atoms with Gasteiger partial charge in [0.1, 0.15) is 0 Å². The van der Waals surface area contributed by atoms with Crippen LogP contribution in [0.4, 0.5) is 5.69 Å². The molecule has 0 saturated heterocycles. The Morgan fingerprint density at radius 2 is 1.96 bits per heavy atom. The number of carbonyl (C=O) groups is 1. The Morgan fingerprint density at radius 3 is 2.43 bits per heavy atom. The van der Waals surface area contributed by atoms with E-state index < -0.39 is 10.0 Å². The fourth-order valence-corrected chi connectivity index (χ4v) is 3.27. The van der Waals surface area contributed by atoms with Crippen LogP contribution in [0.2, 0.25) is 5.02 Å². The summed E-state index contributed by atoms with van der Waals surface area (Å²) in [5, 5.41) is 3.04. The molecular formula is C15H23ClN2O3S2. The van der Waals surface area contributed by atoms with Crippen molar-refractivity contribution in [2.24, 2.45) is 0 Å². The highest BCUT2D eigenvalue weighted by atomic mass is 35.5. The molecule has 0 unspecified atom stereocenters. The van der Waals surface area contributed by atoms with Gasteiger partial charge in [-0.25, -0.2) is 8.42 Å². The van der Waals surface area contributed by atoms with E-state index in [0.717, 1.165) is 16.3 Å². The highest BCUT2D eigenvalue weighted by Crippen LogP contribution is 2.25. The maximum atomic E-state index is 12.1. The van der Waals surface area contributed by atoms with Crippen molar-refractivity contribution in [2.75, 3.05) is 29.9 Å². The minimum atomic E-state index is -3.37. The third-order valence-corrected chi connectivity index (χ3v) is 5.77. The summed E-state index contributed by atoms with van der Waals surface area (Å²) in [5.74, 6) is 0.542. The van der Waals surface area contributed by atoms with Crippen molar-refractivity contribution in [3.63, 3.8) is 0 Å². The second kappa shape index (κ2) is 7.77. The molecule has 0 aliphatic rings. The SMILES string of the molecule is CN(c1ccc(C(=O)NCCSC(C)(C)C)c(Cl)c1)S(C)(=O)=O. The van der Waals surface area contributed by atoms with Crippen LogP contribution < -0.4 is 9.62 Å². The van der Waals surface area contributed by atoms with Gasteiger partial charge < -0.3 is 5.32 Å². The topological polar surface area (TPSA) is 66.5 Å². The van der Waals surface area contributed by atoms with Gasteiger partial charge in [-0.05, 0) is 18.2 Å². The van der Waals surface area contributed by atoms with Gasteiger partial charge in [-0.15, -0.1) is 0 Å². The Morgan fingerprint density at radius 1 is 1.35 bits per heavy atom. The number of nitrogens with one attached hydrogen (secondary N) is 1. The van der Waals surface area contributed by atoms with E-state index in [1.54, 1.807) is 17.8 Å². The number of nitrogens with zero attached hydrogens (tertiary/aromatic N) is 1. The van der Waals surface area contributed by atoms with E-state index in [9.17, 15) is 13.2 Å². The van der Waals surface area contributed by atoms with Crippen LogP contribution in [-0.4, -0.2) is 44.7 Å². The lowest BCUT2D eigenvalue weighted by atomic mass is 10.2. The van der Waals surface area contributed by atoms with Crippen LogP contribution in [0.15, 0.2) is 18.2 Å². The maximum absolute atomic E-state index is 12.1. The number of hydrogen-bond donors (Lipinski definition) is 1. The summed E-state index contributed by atoms with van der Waals surface area (Å²) in [6, 6.07) is 4.57. The molecule has 0 radical (unpaired) electrons. The van der Waals surface area contributed by atoms with Gasteiger partial charge >= 0.3 is 0 Å². The summed E-state index contributed by atoms with van der Waals surface area (Å²) in [6.45, 7) is 6.90. The minimum Gasteiger partial charge on any atom is -0.351 e. The van der Waals surface area contributed by atoms with Crippen molar-refractivity contribution in [3.8, 4) is 0 Å². The maximum Gasteiger partial charge on any atom is 0.252 e. The molecule has 0 aromatic heterocycles. The first-order chi connectivity index (χ1) is 10.4. The van der Waals surface area contributed by atoms with Crippen LogP contribution >= 0.6 is 23.4 Å². The Bertz CT molecular complexity index is 670. The molecule has 0 bridgehead atoms. The first-order valence-electron chi connectivity index (χ1n) is 7.07. The van der Waals surface area contributed by atoms with Crippen LogP contribution in [0, 0.1) is 0 Å². The van der Waals surface area contributed by atoms with E-state index in [4.69, 9.17) is 11.6 Å². The van der Waals surface area contributed by atoms with Crippen molar-refractivity contribution in [3.05, 3.63) is 28.8 Å². The summed E-state index contributed by atoms with van der Waals surface area (Å²) in [4.78, 5) is 12.1. The van der Waals surface area contributed by atoms with Crippen LogP contribution in [0.3, 0.4) is 0 Å². The van der Waals surface area contributed by atoms with Crippen LogP contribution in [0.1, 0.15) is 31.1 Å². The summed E-state index contributed by atoms with van der Waals surface area (Å²) in [7, 11) is -1.93. The predicted molar refractivity (Wildman–Crippen MR) is 99.2 cm³/mol. The molecule has 5 nitrogen and oxygen atoms in total. The highest BCUT2D eigenvalue weighted by Gasteiger charge is 2.16. The van der Waals surface area contributed by atoms with Gasteiger partial charge in [0.15, 0.2) is 0 Å². The molecule has 0 saturated carbocycles. The van der Waals surface area contributed by atoms with Gasteiger partial charge in [-0.3, -0.25) is 9.10 Å². The molecule has 1 N–H and O–H groups in total. The molecule has 1 amide bonds. The average molecular weight is 379 g/mol. The van der Waals surface area contributed by atoms with Crippen molar-refractivity contribution in [2.45, 2.75) is 25.5 Å². The van der Waals surface area contributed by atoms with Crippen LogP contribution in [0.25, 0.3) is 0 Å². The number of carbonyl (C=O) groups excluding carboxylic acids is 1. The monoisotopic (exact) mass is 378 g/mol. The molecule has 0 aliphatic heterocycles. The van der Waals surface area contributed by atoms with Gasteiger partial charge in [0, 0.05) is 24.1 Å². The number of rotatable bonds is 6. The number of hydrogen-bond acceptors (Lipinski definition) is 4. The number of benzene rings is 1. The summed E-state index contributed by atoms with van der Waals surface area (Å²) < 4.78 is 24.3. The highest BCUT2D eigenvalue weighted by molar-refractivity contribution is 8.00. The van der Waals surface area contributed by atoms with Crippen LogP contribution in [-0.2, 0) is 10.0 Å². The summed E-state index contributed by atoms with van der Waals surface area (Å²) in [6.07, 6.45) is 1.11. The molecule has 0 fully saturated rings. The molecule has 0 aliphatic carbocycles. The Labute approximate surface area is 147 Å². The standard InChI is InChI=1S/C15H23ClN2O3S2/c1-15(2,3)22-9-8-17-14(19)12-7-6-11(10-13(12)16)18(4)23(5,20)21/h6-7,10H,8-9H2,1-5H3,(H,17,19). The molecule has 0 heterocycles. The predicted octanol–water partition coefficient (Wildman–Crippen LogP) is 3.00. The second-order valence-corrected chi connectivity index (χ2v) is 10.5. The first kappa shape index (κ1) is 20.1. The fraction of sp³-hybridized carbons (Fsp3) is 0.533. The average Bonchev–Trinajstić information content (AvgIpc) is 2.40. The molecular weight excluding hydrogens is 356 g/mol. The molecule has 8 heteroatoms. The van der Waals surface area contributed by atoms with Crippen LogP contribution in [0.5, 0.6) is 0 Å². The van der Waals surface area contributed by atoms with Gasteiger partial charge in [0.2, 0.25) is 10.0 Å². The lowest BCUT2D eigenvalue weighted by molar-refractivity contribution is 0.0956. The third kappa shape index (κ3) is 6.61. The van der Waals surface area contributed by atoms with Gasteiger partial charge in [0.25, 0.3) is 5.91 Å². The second-order valence-electron chi connectivity index (χ2n) is 6.11. The molecule has 23 heavy (non-hydrogen) atoms. The quantitative estimate of drug-likeness (QED) is 0.773.